The zero-order valence-electron chi connectivity index (χ0n) is 10.4. The molecule has 1 aromatic carbocycles. The first kappa shape index (κ1) is 14.1. The Morgan fingerprint density at radius 3 is 2.24 bits per heavy atom. The van der Waals surface area contributed by atoms with Crippen LogP contribution in [0.4, 0.5) is 8.78 Å². The molecule has 0 aliphatic heterocycles. The van der Waals surface area contributed by atoms with Crippen molar-refractivity contribution in [1.82, 2.24) is 5.32 Å². The molecule has 2 nitrogen and oxygen atoms in total. The van der Waals surface area contributed by atoms with Gasteiger partial charge in [0.1, 0.15) is 6.61 Å². The molecule has 96 valence electrons. The van der Waals surface area contributed by atoms with Crippen molar-refractivity contribution in [3.8, 4) is 0 Å². The van der Waals surface area contributed by atoms with Crippen LogP contribution in [0.1, 0.15) is 29.7 Å². The molecule has 1 unspecified atom stereocenters. The van der Waals surface area contributed by atoms with Crippen LogP contribution >= 0.6 is 0 Å². The van der Waals surface area contributed by atoms with E-state index in [0.29, 0.717) is 0 Å². The summed E-state index contributed by atoms with van der Waals surface area (Å²) in [7, 11) is 0. The zero-order chi connectivity index (χ0) is 13.1. The van der Waals surface area contributed by atoms with Gasteiger partial charge in [-0.1, -0.05) is 29.3 Å². The maximum atomic E-state index is 12.9. The van der Waals surface area contributed by atoms with Crippen molar-refractivity contribution in [3.05, 3.63) is 34.9 Å². The Bertz CT molecular complexity index is 359. The number of nitrogens with one attached hydrogen (secondary N) is 1. The molecule has 1 rings (SSSR count). The fourth-order valence-electron chi connectivity index (χ4n) is 1.74. The molecule has 0 radical (unpaired) electrons. The van der Waals surface area contributed by atoms with Gasteiger partial charge in [0, 0.05) is 6.04 Å². The first-order valence-corrected chi connectivity index (χ1v) is 5.64. The van der Waals surface area contributed by atoms with Crippen molar-refractivity contribution in [2.24, 2.45) is 0 Å². The summed E-state index contributed by atoms with van der Waals surface area (Å²) < 4.78 is 25.7. The van der Waals surface area contributed by atoms with Gasteiger partial charge in [-0.3, -0.25) is 0 Å². The largest absolute Gasteiger partial charge is 0.390 e. The summed E-state index contributed by atoms with van der Waals surface area (Å²) in [4.78, 5) is 0. The number of aliphatic hydroxyl groups is 1. The number of alkyl halides is 2. The number of halogens is 2. The van der Waals surface area contributed by atoms with Crippen molar-refractivity contribution in [3.63, 3.8) is 0 Å². The fourth-order valence-corrected chi connectivity index (χ4v) is 1.74. The van der Waals surface area contributed by atoms with Crippen molar-refractivity contribution >= 4 is 0 Å². The van der Waals surface area contributed by atoms with Crippen LogP contribution in [-0.2, 0) is 0 Å². The van der Waals surface area contributed by atoms with E-state index < -0.39 is 19.1 Å². The van der Waals surface area contributed by atoms with E-state index >= 15 is 0 Å². The highest BCUT2D eigenvalue weighted by molar-refractivity contribution is 5.30. The predicted molar refractivity (Wildman–Crippen MR) is 64.4 cm³/mol. The van der Waals surface area contributed by atoms with Gasteiger partial charge in [-0.25, -0.2) is 8.78 Å². The SMILES string of the molecule is Cc1cc(C)cc(C(C)NCC(F)(F)CO)c1. The Kier molecular flexibility index (Phi) is 4.60. The number of hydrogen-bond donors (Lipinski definition) is 2. The molecule has 0 amide bonds. The van der Waals surface area contributed by atoms with E-state index in [0.717, 1.165) is 16.7 Å². The number of benzene rings is 1. The molecule has 0 saturated heterocycles. The lowest BCUT2D eigenvalue weighted by molar-refractivity contribution is -0.0490. The molecule has 1 atom stereocenters. The molecule has 1 aromatic rings. The first-order valence-electron chi connectivity index (χ1n) is 5.64. The van der Waals surface area contributed by atoms with Gasteiger partial charge in [-0.05, 0) is 26.3 Å². The second-order valence-electron chi connectivity index (χ2n) is 4.54. The summed E-state index contributed by atoms with van der Waals surface area (Å²) in [6, 6.07) is 5.83. The van der Waals surface area contributed by atoms with Gasteiger partial charge < -0.3 is 10.4 Å². The third-order valence-electron chi connectivity index (χ3n) is 2.64. The van der Waals surface area contributed by atoms with E-state index in [4.69, 9.17) is 5.11 Å². The quantitative estimate of drug-likeness (QED) is 0.833. The van der Waals surface area contributed by atoms with E-state index in [1.807, 2.05) is 39.0 Å². The first-order chi connectivity index (χ1) is 7.84. The highest BCUT2D eigenvalue weighted by Gasteiger charge is 2.27. The predicted octanol–water partition coefficient (Wildman–Crippen LogP) is 2.58. The molecule has 0 aliphatic rings. The lowest BCUT2D eigenvalue weighted by atomic mass is 10.0. The van der Waals surface area contributed by atoms with Crippen molar-refractivity contribution in [2.75, 3.05) is 13.2 Å². The van der Waals surface area contributed by atoms with Gasteiger partial charge >= 0.3 is 0 Å². The summed E-state index contributed by atoms with van der Waals surface area (Å²) >= 11 is 0. The molecule has 0 saturated carbocycles. The van der Waals surface area contributed by atoms with Crippen LogP contribution in [0.5, 0.6) is 0 Å². The second kappa shape index (κ2) is 5.56. The summed E-state index contributed by atoms with van der Waals surface area (Å²) in [5.41, 5.74) is 3.21. The molecule has 4 heteroatoms. The van der Waals surface area contributed by atoms with Crippen LogP contribution in [0.3, 0.4) is 0 Å². The van der Waals surface area contributed by atoms with Crippen LogP contribution < -0.4 is 5.32 Å². The van der Waals surface area contributed by atoms with Gasteiger partial charge in [0.05, 0.1) is 6.54 Å². The number of aliphatic hydroxyl groups excluding tert-OH is 1. The molecular weight excluding hydrogens is 224 g/mol. The molecule has 17 heavy (non-hydrogen) atoms. The molecular formula is C13H19F2NO. The minimum absolute atomic E-state index is 0.161. The van der Waals surface area contributed by atoms with Crippen LogP contribution in [0.2, 0.25) is 0 Å². The average Bonchev–Trinajstić information content (AvgIpc) is 2.24. The van der Waals surface area contributed by atoms with Crippen LogP contribution in [-0.4, -0.2) is 24.2 Å². The lowest BCUT2D eigenvalue weighted by Gasteiger charge is -2.19. The smallest absolute Gasteiger partial charge is 0.282 e. The topological polar surface area (TPSA) is 32.3 Å². The maximum absolute atomic E-state index is 12.9. The third-order valence-corrected chi connectivity index (χ3v) is 2.64. The van der Waals surface area contributed by atoms with Gasteiger partial charge in [-0.2, -0.15) is 0 Å². The van der Waals surface area contributed by atoms with Gasteiger partial charge in [0.2, 0.25) is 0 Å². The van der Waals surface area contributed by atoms with Crippen molar-refractivity contribution < 1.29 is 13.9 Å². The van der Waals surface area contributed by atoms with Gasteiger partial charge in [-0.15, -0.1) is 0 Å². The highest BCUT2D eigenvalue weighted by atomic mass is 19.3. The molecule has 0 heterocycles. The maximum Gasteiger partial charge on any atom is 0.282 e. The average molecular weight is 243 g/mol. The molecule has 0 fully saturated rings. The van der Waals surface area contributed by atoms with Gasteiger partial charge in [0.25, 0.3) is 5.92 Å². The van der Waals surface area contributed by atoms with Crippen molar-refractivity contribution in [2.45, 2.75) is 32.7 Å². The fraction of sp³-hybridized carbons (Fsp3) is 0.538. The molecule has 2 N–H and O–H groups in total. The molecule has 0 bridgehead atoms. The number of rotatable bonds is 5. The standard InChI is InChI=1S/C13H19F2NO/c1-9-4-10(2)6-12(5-9)11(3)16-7-13(14,15)8-17/h4-6,11,16-17H,7-8H2,1-3H3. The minimum Gasteiger partial charge on any atom is -0.390 e. The van der Waals surface area contributed by atoms with Crippen molar-refractivity contribution in [1.29, 1.82) is 0 Å². The number of hydrogen-bond acceptors (Lipinski definition) is 2. The summed E-state index contributed by atoms with van der Waals surface area (Å²) in [5, 5.41) is 11.2. The Balaban J connectivity index is 2.67. The summed E-state index contributed by atoms with van der Waals surface area (Å²) in [6.07, 6.45) is 0. The van der Waals surface area contributed by atoms with E-state index in [-0.39, 0.29) is 6.04 Å². The van der Waals surface area contributed by atoms with Crippen LogP contribution in [0, 0.1) is 13.8 Å². The van der Waals surface area contributed by atoms with E-state index in [1.165, 1.54) is 0 Å². The monoisotopic (exact) mass is 243 g/mol. The summed E-state index contributed by atoms with van der Waals surface area (Å²) in [5.74, 6) is -3.06. The summed E-state index contributed by atoms with van der Waals surface area (Å²) in [6.45, 7) is 4.15. The highest BCUT2D eigenvalue weighted by Crippen LogP contribution is 2.18. The van der Waals surface area contributed by atoms with Crippen LogP contribution in [0.15, 0.2) is 18.2 Å². The second-order valence-corrected chi connectivity index (χ2v) is 4.54. The van der Waals surface area contributed by atoms with Crippen LogP contribution in [0.25, 0.3) is 0 Å². The van der Waals surface area contributed by atoms with E-state index in [2.05, 4.69) is 5.32 Å². The van der Waals surface area contributed by atoms with E-state index in [9.17, 15) is 8.78 Å². The third kappa shape index (κ3) is 4.40. The zero-order valence-corrected chi connectivity index (χ0v) is 10.4. The Morgan fingerprint density at radius 1 is 1.24 bits per heavy atom. The normalized spacial score (nSPS) is 13.8. The number of aryl methyl sites for hydroxylation is 2. The Hall–Kier alpha value is -1.00. The Labute approximate surface area is 101 Å². The van der Waals surface area contributed by atoms with E-state index in [1.54, 1.807) is 0 Å². The lowest BCUT2D eigenvalue weighted by Crippen LogP contribution is -2.37. The molecule has 0 aromatic heterocycles. The molecule has 0 spiro atoms. The van der Waals surface area contributed by atoms with Gasteiger partial charge in [0.15, 0.2) is 0 Å². The Morgan fingerprint density at radius 2 is 1.76 bits per heavy atom. The molecule has 0 aliphatic carbocycles. The minimum atomic E-state index is -3.06.